The molecule has 0 aliphatic carbocycles. The largest absolute Gasteiger partial charge is 0.431 e. The van der Waals surface area contributed by atoms with Crippen LogP contribution in [0, 0.1) is 0 Å². The molecule has 1 unspecified atom stereocenters. The van der Waals surface area contributed by atoms with Gasteiger partial charge in [-0.05, 0) is 36.6 Å². The van der Waals surface area contributed by atoms with E-state index in [2.05, 4.69) is 10.3 Å². The molecule has 2 aromatic heterocycles. The lowest BCUT2D eigenvalue weighted by atomic mass is 10.3. The van der Waals surface area contributed by atoms with Gasteiger partial charge in [-0.25, -0.2) is 4.98 Å². The van der Waals surface area contributed by atoms with Gasteiger partial charge in [0, 0.05) is 9.90 Å². The van der Waals surface area contributed by atoms with Crippen LogP contribution < -0.4 is 5.32 Å². The summed E-state index contributed by atoms with van der Waals surface area (Å²) in [7, 11) is 0. The number of amides is 1. The lowest BCUT2D eigenvalue weighted by molar-refractivity contribution is -0.120. The molecule has 0 saturated heterocycles. The van der Waals surface area contributed by atoms with Crippen molar-refractivity contribution in [3.8, 4) is 0 Å². The van der Waals surface area contributed by atoms with E-state index in [1.54, 1.807) is 29.5 Å². The quantitative estimate of drug-likeness (QED) is 0.694. The van der Waals surface area contributed by atoms with Crippen LogP contribution in [0.25, 0.3) is 11.1 Å². The molecule has 114 valence electrons. The van der Waals surface area contributed by atoms with E-state index in [0.717, 1.165) is 4.88 Å². The van der Waals surface area contributed by atoms with Crippen molar-refractivity contribution in [2.75, 3.05) is 0 Å². The fraction of sp³-hybridized carbons (Fsp3) is 0.200. The third-order valence-electron chi connectivity index (χ3n) is 2.99. The molecule has 1 atom stereocenters. The number of benzene rings is 1. The van der Waals surface area contributed by atoms with E-state index in [9.17, 15) is 4.79 Å². The van der Waals surface area contributed by atoms with Gasteiger partial charge in [0.1, 0.15) is 5.52 Å². The molecule has 0 radical (unpaired) electrons. The fourth-order valence-corrected chi connectivity index (χ4v) is 3.46. The normalized spacial score (nSPS) is 12.5. The first-order valence-corrected chi connectivity index (χ1v) is 8.78. The monoisotopic (exact) mass is 352 g/mol. The molecule has 0 aliphatic heterocycles. The van der Waals surface area contributed by atoms with Crippen molar-refractivity contribution >= 4 is 51.7 Å². The zero-order valence-corrected chi connectivity index (χ0v) is 14.1. The van der Waals surface area contributed by atoms with Gasteiger partial charge >= 0.3 is 0 Å². The first kappa shape index (κ1) is 15.4. The summed E-state index contributed by atoms with van der Waals surface area (Å²) in [6, 6.07) is 9.23. The number of halogens is 1. The predicted molar refractivity (Wildman–Crippen MR) is 90.5 cm³/mol. The highest BCUT2D eigenvalue weighted by atomic mass is 35.5. The minimum atomic E-state index is -0.288. The highest BCUT2D eigenvalue weighted by Crippen LogP contribution is 2.28. The Labute approximate surface area is 140 Å². The topological polar surface area (TPSA) is 55.1 Å². The van der Waals surface area contributed by atoms with Crippen molar-refractivity contribution in [2.24, 2.45) is 0 Å². The van der Waals surface area contributed by atoms with Gasteiger partial charge in [0.15, 0.2) is 5.58 Å². The van der Waals surface area contributed by atoms with Crippen LogP contribution in [0.3, 0.4) is 0 Å². The number of hydrogen-bond acceptors (Lipinski definition) is 5. The molecule has 0 bridgehead atoms. The van der Waals surface area contributed by atoms with E-state index in [-0.39, 0.29) is 11.2 Å². The second-order valence-electron chi connectivity index (χ2n) is 4.65. The van der Waals surface area contributed by atoms with Gasteiger partial charge in [0.2, 0.25) is 5.91 Å². The van der Waals surface area contributed by atoms with Gasteiger partial charge in [0.05, 0.1) is 11.8 Å². The summed E-state index contributed by atoms with van der Waals surface area (Å²) in [4.78, 5) is 17.6. The minimum absolute atomic E-state index is 0.0429. The average molecular weight is 353 g/mol. The second-order valence-corrected chi connectivity index (χ2v) is 7.41. The number of thiophene rings is 1. The molecule has 4 nitrogen and oxygen atoms in total. The van der Waals surface area contributed by atoms with Gasteiger partial charge in [-0.1, -0.05) is 29.4 Å². The van der Waals surface area contributed by atoms with Crippen molar-refractivity contribution in [2.45, 2.75) is 23.9 Å². The zero-order chi connectivity index (χ0) is 15.5. The first-order chi connectivity index (χ1) is 10.6. The summed E-state index contributed by atoms with van der Waals surface area (Å²) >= 11 is 8.83. The molecular weight excluding hydrogens is 340 g/mol. The Morgan fingerprint density at radius 2 is 2.36 bits per heavy atom. The summed E-state index contributed by atoms with van der Waals surface area (Å²) in [6.45, 7) is 2.38. The van der Waals surface area contributed by atoms with Crippen LogP contribution in [0.15, 0.2) is 45.4 Å². The summed E-state index contributed by atoms with van der Waals surface area (Å²) in [5.74, 6) is -0.0429. The molecule has 0 fully saturated rings. The molecule has 2 heterocycles. The van der Waals surface area contributed by atoms with Crippen molar-refractivity contribution in [3.05, 3.63) is 45.6 Å². The molecule has 1 amide bonds. The Balaban J connectivity index is 1.61. The summed E-state index contributed by atoms with van der Waals surface area (Å²) in [5, 5.41) is 5.69. The predicted octanol–water partition coefficient (Wildman–Crippen LogP) is 4.34. The van der Waals surface area contributed by atoms with Gasteiger partial charge in [-0.2, -0.15) is 0 Å². The van der Waals surface area contributed by atoms with Gasteiger partial charge in [-0.15, -0.1) is 11.3 Å². The maximum absolute atomic E-state index is 12.1. The molecule has 0 saturated carbocycles. The molecule has 22 heavy (non-hydrogen) atoms. The van der Waals surface area contributed by atoms with Crippen LogP contribution in [0.5, 0.6) is 0 Å². The number of nitrogens with zero attached hydrogens (tertiary/aromatic N) is 1. The second kappa shape index (κ2) is 6.73. The van der Waals surface area contributed by atoms with Crippen LogP contribution >= 0.6 is 34.7 Å². The molecular formula is C15H13ClN2O2S2. The molecule has 1 aromatic carbocycles. The lowest BCUT2D eigenvalue weighted by Gasteiger charge is -2.08. The van der Waals surface area contributed by atoms with E-state index in [4.69, 9.17) is 16.0 Å². The minimum Gasteiger partial charge on any atom is -0.431 e. The maximum atomic E-state index is 12.1. The number of aromatic nitrogens is 1. The third kappa shape index (κ3) is 3.63. The van der Waals surface area contributed by atoms with Crippen LogP contribution in [-0.2, 0) is 11.3 Å². The van der Waals surface area contributed by atoms with Crippen LogP contribution in [0.1, 0.15) is 11.8 Å². The number of hydrogen-bond donors (Lipinski definition) is 1. The van der Waals surface area contributed by atoms with E-state index in [1.807, 2.05) is 24.4 Å². The highest BCUT2D eigenvalue weighted by Gasteiger charge is 2.18. The Hall–Kier alpha value is -1.50. The number of carbonyl (C=O) groups is 1. The van der Waals surface area contributed by atoms with Gasteiger partial charge in [0.25, 0.3) is 5.22 Å². The average Bonchev–Trinajstić information content (AvgIpc) is 3.12. The van der Waals surface area contributed by atoms with Crippen LogP contribution in [0.2, 0.25) is 5.02 Å². The number of nitrogens with one attached hydrogen (secondary N) is 1. The van der Waals surface area contributed by atoms with Crippen molar-refractivity contribution < 1.29 is 9.21 Å². The van der Waals surface area contributed by atoms with E-state index in [1.165, 1.54) is 11.8 Å². The SMILES string of the molecule is CC(Sc1nc2cc(Cl)ccc2o1)C(=O)NCc1cccs1. The number of fused-ring (bicyclic) bond motifs is 1. The smallest absolute Gasteiger partial charge is 0.257 e. The molecule has 3 aromatic rings. The molecule has 7 heteroatoms. The van der Waals surface area contributed by atoms with Crippen LogP contribution in [0.4, 0.5) is 0 Å². The standard InChI is InChI=1S/C15H13ClN2O2S2/c1-9(14(19)17-8-11-3-2-6-21-11)22-15-18-12-7-10(16)4-5-13(12)20-15/h2-7,9H,8H2,1H3,(H,17,19). The van der Waals surface area contributed by atoms with E-state index in [0.29, 0.717) is 27.9 Å². The Morgan fingerprint density at radius 1 is 1.50 bits per heavy atom. The van der Waals surface area contributed by atoms with E-state index >= 15 is 0 Å². The maximum Gasteiger partial charge on any atom is 0.257 e. The highest BCUT2D eigenvalue weighted by molar-refractivity contribution is 8.00. The van der Waals surface area contributed by atoms with E-state index < -0.39 is 0 Å². The summed E-state index contributed by atoms with van der Waals surface area (Å²) < 4.78 is 5.61. The molecule has 1 N–H and O–H groups in total. The van der Waals surface area contributed by atoms with Crippen molar-refractivity contribution in [1.82, 2.24) is 10.3 Å². The van der Waals surface area contributed by atoms with Crippen LogP contribution in [-0.4, -0.2) is 16.1 Å². The fourth-order valence-electron chi connectivity index (χ4n) is 1.87. The molecule has 3 rings (SSSR count). The van der Waals surface area contributed by atoms with Gasteiger partial charge < -0.3 is 9.73 Å². The molecule has 0 spiro atoms. The van der Waals surface area contributed by atoms with Crippen molar-refractivity contribution in [1.29, 1.82) is 0 Å². The number of rotatable bonds is 5. The Bertz CT molecular complexity index is 786. The first-order valence-electron chi connectivity index (χ1n) is 6.64. The Kier molecular flexibility index (Phi) is 4.71. The third-order valence-corrected chi connectivity index (χ3v) is 5.05. The summed E-state index contributed by atoms with van der Waals surface area (Å²) in [6.07, 6.45) is 0. The van der Waals surface area contributed by atoms with Crippen molar-refractivity contribution in [3.63, 3.8) is 0 Å². The number of carbonyl (C=O) groups excluding carboxylic acids is 1. The zero-order valence-electron chi connectivity index (χ0n) is 11.7. The Morgan fingerprint density at radius 3 is 3.14 bits per heavy atom. The number of thioether (sulfide) groups is 1. The summed E-state index contributed by atoms with van der Waals surface area (Å²) in [5.41, 5.74) is 1.36. The lowest BCUT2D eigenvalue weighted by Crippen LogP contribution is -2.30. The number of oxazole rings is 1. The van der Waals surface area contributed by atoms with Gasteiger partial charge in [-0.3, -0.25) is 4.79 Å². The molecule has 0 aliphatic rings.